The minimum atomic E-state index is -1.54. The smallest absolute Gasteiger partial charge is 0.358 e. The third kappa shape index (κ3) is 4.14. The number of thiophene rings is 1. The Balaban J connectivity index is 1.72. The van der Waals surface area contributed by atoms with Gasteiger partial charge in [0.25, 0.3) is 5.56 Å². The molecule has 4 aromatic rings. The van der Waals surface area contributed by atoms with E-state index < -0.39 is 28.9 Å². The van der Waals surface area contributed by atoms with Crippen LogP contribution in [-0.4, -0.2) is 32.1 Å². The lowest BCUT2D eigenvalue weighted by Crippen LogP contribution is -2.22. The summed E-state index contributed by atoms with van der Waals surface area (Å²) in [6.07, 6.45) is 0. The van der Waals surface area contributed by atoms with Crippen molar-refractivity contribution in [2.75, 3.05) is 5.32 Å². The molecule has 0 bridgehead atoms. The minimum Gasteiger partial charge on any atom is -0.501 e. The molecule has 0 saturated carbocycles. The number of nitrogens with one attached hydrogen (secondary N) is 2. The van der Waals surface area contributed by atoms with Crippen LogP contribution in [0.15, 0.2) is 76.9 Å². The molecule has 0 saturated heterocycles. The molecule has 2 heterocycles. The molecule has 4 rings (SSSR count). The summed E-state index contributed by atoms with van der Waals surface area (Å²) in [5.74, 6) is -3.47. The van der Waals surface area contributed by atoms with Crippen LogP contribution in [0.3, 0.4) is 0 Å². The second kappa shape index (κ2) is 8.86. The lowest BCUT2D eigenvalue weighted by molar-refractivity contribution is -0.116. The Labute approximate surface area is 185 Å². The Morgan fingerprint density at radius 1 is 0.969 bits per heavy atom. The van der Waals surface area contributed by atoms with Gasteiger partial charge in [0.15, 0.2) is 11.5 Å². The first-order valence-corrected chi connectivity index (χ1v) is 10.4. The number of aromatic hydroxyl groups is 1. The SMILES string of the molecule is O=C(O)c1nc(-c2sccc2NC(=O)C(c2ccccc2)c2ccccc2)[nH]c(=O)c1O. The predicted molar refractivity (Wildman–Crippen MR) is 120 cm³/mol. The number of hydrogen-bond acceptors (Lipinski definition) is 6. The maximum absolute atomic E-state index is 13.4. The van der Waals surface area contributed by atoms with Crippen molar-refractivity contribution in [1.82, 2.24) is 9.97 Å². The molecule has 2 aromatic carbocycles. The molecule has 4 N–H and O–H groups in total. The van der Waals surface area contributed by atoms with Crippen LogP contribution in [-0.2, 0) is 4.79 Å². The summed E-state index contributed by atoms with van der Waals surface area (Å²) in [5, 5.41) is 23.4. The maximum atomic E-state index is 13.4. The van der Waals surface area contributed by atoms with Crippen molar-refractivity contribution in [1.29, 1.82) is 0 Å². The van der Waals surface area contributed by atoms with Crippen molar-refractivity contribution in [2.24, 2.45) is 0 Å². The molecule has 9 heteroatoms. The Kier molecular flexibility index (Phi) is 5.82. The number of aromatic nitrogens is 2. The zero-order valence-corrected chi connectivity index (χ0v) is 17.3. The molecule has 8 nitrogen and oxygen atoms in total. The quantitative estimate of drug-likeness (QED) is 0.356. The summed E-state index contributed by atoms with van der Waals surface area (Å²) in [6.45, 7) is 0. The van der Waals surface area contributed by atoms with Crippen LogP contribution in [0.25, 0.3) is 10.7 Å². The number of aromatic carboxylic acids is 1. The second-order valence-electron chi connectivity index (χ2n) is 6.82. The summed E-state index contributed by atoms with van der Waals surface area (Å²) >= 11 is 1.16. The Hall–Kier alpha value is -4.24. The monoisotopic (exact) mass is 447 g/mol. The number of aromatic amines is 1. The van der Waals surface area contributed by atoms with Gasteiger partial charge in [0.05, 0.1) is 16.5 Å². The molecule has 0 radical (unpaired) electrons. The zero-order chi connectivity index (χ0) is 22.7. The van der Waals surface area contributed by atoms with Crippen molar-refractivity contribution in [2.45, 2.75) is 5.92 Å². The number of anilines is 1. The highest BCUT2D eigenvalue weighted by atomic mass is 32.1. The Morgan fingerprint density at radius 3 is 2.12 bits per heavy atom. The van der Waals surface area contributed by atoms with Gasteiger partial charge in [-0.1, -0.05) is 60.7 Å². The maximum Gasteiger partial charge on any atom is 0.358 e. The van der Waals surface area contributed by atoms with Crippen molar-refractivity contribution in [3.63, 3.8) is 0 Å². The number of rotatable bonds is 6. The second-order valence-corrected chi connectivity index (χ2v) is 7.74. The van der Waals surface area contributed by atoms with E-state index in [-0.39, 0.29) is 11.7 Å². The van der Waals surface area contributed by atoms with Crippen LogP contribution in [0.4, 0.5) is 5.69 Å². The third-order valence-electron chi connectivity index (χ3n) is 4.76. The average molecular weight is 447 g/mol. The van der Waals surface area contributed by atoms with Crippen molar-refractivity contribution in [3.8, 4) is 16.5 Å². The molecule has 0 aliphatic carbocycles. The number of carboxylic acids is 1. The summed E-state index contributed by atoms with van der Waals surface area (Å²) in [7, 11) is 0. The fourth-order valence-corrected chi connectivity index (χ4v) is 4.10. The number of carbonyl (C=O) groups is 2. The molecule has 0 atom stereocenters. The van der Waals surface area contributed by atoms with Crippen LogP contribution in [0.5, 0.6) is 5.75 Å². The first kappa shape index (κ1) is 21.0. The summed E-state index contributed by atoms with van der Waals surface area (Å²) in [5.41, 5.74) is 0.224. The molecule has 0 spiro atoms. The lowest BCUT2D eigenvalue weighted by atomic mass is 9.90. The molecular weight excluding hydrogens is 430 g/mol. The van der Waals surface area contributed by atoms with Crippen molar-refractivity contribution in [3.05, 3.63) is 99.3 Å². The number of nitrogens with zero attached hydrogens (tertiary/aromatic N) is 1. The number of carboxylic acid groups (broad SMARTS) is 1. The van der Waals surface area contributed by atoms with E-state index in [0.29, 0.717) is 10.6 Å². The van der Waals surface area contributed by atoms with Gasteiger partial charge >= 0.3 is 5.97 Å². The van der Waals surface area contributed by atoms with Gasteiger partial charge in [0.1, 0.15) is 0 Å². The van der Waals surface area contributed by atoms with Crippen molar-refractivity contribution < 1.29 is 19.8 Å². The third-order valence-corrected chi connectivity index (χ3v) is 5.68. The largest absolute Gasteiger partial charge is 0.501 e. The molecule has 2 aromatic heterocycles. The predicted octanol–water partition coefficient (Wildman–Crippen LogP) is 3.67. The molecule has 32 heavy (non-hydrogen) atoms. The van der Waals surface area contributed by atoms with Crippen molar-refractivity contribution >= 4 is 28.9 Å². The van der Waals surface area contributed by atoms with Crippen LogP contribution in [0.2, 0.25) is 0 Å². The summed E-state index contributed by atoms with van der Waals surface area (Å²) in [4.78, 5) is 43.2. The highest BCUT2D eigenvalue weighted by Gasteiger charge is 2.25. The molecule has 160 valence electrons. The fraction of sp³-hybridized carbons (Fsp3) is 0.0435. The van der Waals surface area contributed by atoms with E-state index in [0.717, 1.165) is 22.5 Å². The standard InChI is InChI=1S/C23H17N3O5S/c27-18-17(23(30)31)25-20(26-22(18)29)19-15(11-12-32-19)24-21(28)16(13-7-3-1-4-8-13)14-9-5-2-6-10-14/h1-12,16,27H,(H,24,28)(H,30,31)(H,25,26,29). The van der Waals surface area contributed by atoms with Gasteiger partial charge in [-0.2, -0.15) is 0 Å². The average Bonchev–Trinajstić information content (AvgIpc) is 3.25. The highest BCUT2D eigenvalue weighted by molar-refractivity contribution is 7.14. The molecular formula is C23H17N3O5S. The number of H-pyrrole nitrogens is 1. The topological polar surface area (TPSA) is 132 Å². The number of carbonyl (C=O) groups excluding carboxylic acids is 1. The van der Waals surface area contributed by atoms with E-state index in [2.05, 4.69) is 15.3 Å². The van der Waals surface area contributed by atoms with Crippen LogP contribution in [0, 0.1) is 0 Å². The Morgan fingerprint density at radius 2 is 1.56 bits per heavy atom. The van der Waals surface area contributed by atoms with E-state index in [9.17, 15) is 24.6 Å². The van der Waals surface area contributed by atoms with E-state index in [1.165, 1.54) is 0 Å². The molecule has 0 aliphatic rings. The van der Waals surface area contributed by atoms with Gasteiger partial charge in [-0.05, 0) is 22.6 Å². The van der Waals surface area contributed by atoms with Crippen LogP contribution >= 0.6 is 11.3 Å². The van der Waals surface area contributed by atoms with Crippen LogP contribution < -0.4 is 10.9 Å². The highest BCUT2D eigenvalue weighted by Crippen LogP contribution is 2.33. The molecule has 0 unspecified atom stereocenters. The van der Waals surface area contributed by atoms with E-state index in [1.54, 1.807) is 11.4 Å². The summed E-state index contributed by atoms with van der Waals surface area (Å²) in [6, 6.07) is 20.3. The minimum absolute atomic E-state index is 0.0635. The van der Waals surface area contributed by atoms with Gasteiger partial charge in [-0.25, -0.2) is 9.78 Å². The van der Waals surface area contributed by atoms with E-state index in [4.69, 9.17) is 0 Å². The van der Waals surface area contributed by atoms with E-state index in [1.807, 2.05) is 60.7 Å². The summed E-state index contributed by atoms with van der Waals surface area (Å²) < 4.78 is 0. The van der Waals surface area contributed by atoms with Gasteiger partial charge in [0, 0.05) is 0 Å². The lowest BCUT2D eigenvalue weighted by Gasteiger charge is -2.18. The van der Waals surface area contributed by atoms with Gasteiger partial charge < -0.3 is 20.5 Å². The number of hydrogen-bond donors (Lipinski definition) is 4. The Bertz CT molecular complexity index is 1290. The molecule has 0 aliphatic heterocycles. The van der Waals surface area contributed by atoms with Gasteiger partial charge in [0.2, 0.25) is 11.7 Å². The number of benzene rings is 2. The molecule has 1 amide bonds. The van der Waals surface area contributed by atoms with Gasteiger partial charge in [-0.15, -0.1) is 11.3 Å². The van der Waals surface area contributed by atoms with Gasteiger partial charge in [-0.3, -0.25) is 9.59 Å². The first-order valence-electron chi connectivity index (χ1n) is 9.51. The van der Waals surface area contributed by atoms with Crippen LogP contribution in [0.1, 0.15) is 27.5 Å². The van der Waals surface area contributed by atoms with E-state index >= 15 is 0 Å². The zero-order valence-electron chi connectivity index (χ0n) is 16.5. The first-order chi connectivity index (χ1) is 15.5. The fourth-order valence-electron chi connectivity index (χ4n) is 3.31. The molecule has 0 fully saturated rings. The number of amides is 1. The normalized spacial score (nSPS) is 10.8.